The summed E-state index contributed by atoms with van der Waals surface area (Å²) in [5.41, 5.74) is 23.8. The fourth-order valence-corrected chi connectivity index (χ4v) is 26.9. The fraction of sp³-hybridized carbons (Fsp3) is 0.133. The molecule has 0 heterocycles. The van der Waals surface area contributed by atoms with E-state index in [4.69, 9.17) is 0 Å². The molecular weight excluding hydrogens is 1420 g/mol. The molecule has 544 valence electrons. The molecule has 10 nitrogen and oxygen atoms in total. The van der Waals surface area contributed by atoms with E-state index in [1.54, 1.807) is 60.7 Å². The van der Waals surface area contributed by atoms with Gasteiger partial charge in [0.2, 0.25) is 0 Å². The van der Waals surface area contributed by atoms with Crippen molar-refractivity contribution in [3.05, 3.63) is 368 Å². The highest BCUT2D eigenvalue weighted by Gasteiger charge is 2.84. The molecule has 3 saturated carbocycles. The number of carboxylic acid groups (broad SMARTS) is 5. The largest absolute Gasteiger partial charge is 0.478 e. The molecule has 8 aliphatic rings. The molecule has 115 heavy (non-hydrogen) atoms. The van der Waals surface area contributed by atoms with Crippen molar-refractivity contribution in [2.45, 2.75) is 52.8 Å². The standard InChI is InChI=1S/C105H64O10/c106-98(107)61-19-5-51(6-20-61)49-1-15-59(16-2-49)75-47-77-73-45-43-71-69-41-42-70-72-44-46-74-78-48-76(60-17-3-50(4-18-60)52-7-21-62(22-8-52)99(108)109)86-85(75)93-97-94(86)104(78,67-37-31-57(32-38-67)54-11-25-64(26-12-54)101(112)113)92-84(74)82(72)88-80(70)79(69)87-81(71)83(73)91(103(77,93)66-35-29-56(30-36-66)53-9-23-63(24-10-53)100(110)111)95-89(87)90(88)96(92)105(95,97)68-39-33-58(34-40-68)55-13-27-65(28-14-55)102(114)115/h1-46,75-78,85-86,93-94,97H,47-48H2,(H,106,107)(H,108,109)(H,110,111)(H,112,113)(H,114,115)/t75?,76?,77?,78?,85?,86?,93-,94+,97?,103?,104?,105-. The van der Waals surface area contributed by atoms with E-state index >= 15 is 0 Å². The molecule has 9 unspecified atom stereocenters. The Balaban J connectivity index is 0.833. The van der Waals surface area contributed by atoms with Crippen LogP contribution in [0, 0.1) is 29.6 Å². The smallest absolute Gasteiger partial charge is 0.335 e. The maximum atomic E-state index is 12.5. The normalized spacial score (nSPS) is 24.3. The summed E-state index contributed by atoms with van der Waals surface area (Å²) >= 11 is 0. The van der Waals surface area contributed by atoms with Crippen LogP contribution in [0.15, 0.2) is 279 Å². The number of carbonyl (C=O) groups is 5. The Kier molecular flexibility index (Phi) is 11.9. The van der Waals surface area contributed by atoms with E-state index in [9.17, 15) is 49.5 Å². The molecule has 3 fully saturated rings. The summed E-state index contributed by atoms with van der Waals surface area (Å²) in [4.78, 5) is 62.0. The zero-order chi connectivity index (χ0) is 76.6. The Morgan fingerprint density at radius 2 is 0.478 bits per heavy atom. The van der Waals surface area contributed by atoms with Crippen LogP contribution in [-0.4, -0.2) is 55.4 Å². The van der Waals surface area contributed by atoms with Gasteiger partial charge in [-0.3, -0.25) is 0 Å². The quantitative estimate of drug-likeness (QED) is 0.0619. The Labute approximate surface area is 656 Å². The van der Waals surface area contributed by atoms with Gasteiger partial charge in [0, 0.05) is 10.8 Å². The molecule has 18 aromatic rings. The first kappa shape index (κ1) is 63.8. The topological polar surface area (TPSA) is 186 Å². The van der Waals surface area contributed by atoms with Gasteiger partial charge >= 0.3 is 29.8 Å². The number of rotatable bonds is 15. The number of carboxylic acids is 5. The number of benzene rings is 16. The van der Waals surface area contributed by atoms with Gasteiger partial charge in [0.15, 0.2) is 0 Å². The monoisotopic (exact) mass is 1480 g/mol. The molecule has 0 bridgehead atoms. The minimum absolute atomic E-state index is 0.0128. The number of fused-ring (bicyclic) bond motifs is 5. The van der Waals surface area contributed by atoms with Crippen molar-refractivity contribution in [2.24, 2.45) is 29.6 Å². The minimum Gasteiger partial charge on any atom is -0.478 e. The van der Waals surface area contributed by atoms with Gasteiger partial charge in [-0.2, -0.15) is 0 Å². The SMILES string of the molecule is O=C(O)c1ccc(-c2ccc(C3CC4c5ccc6c7ccc8c9ccc%10c%11c%12c%13c%14c%15c%16c(c5c6c%15c7c8c%14c%119)C4(c4ccc(-c5ccc(C(=O)O)cc5)cc4)[C@@H]4C3C3C(c5ccc(-c6ccc(C(=O)O)cc6)cc5)CC%10C%12(c5ccc(-c6ccc(C(=O)O)cc6)cc5)[C@@H]3C4[C@]%16%13c3ccc(-c4ccc(C(=O)O)cc4)cc3)cc2)cc1. The molecule has 26 rings (SSSR count). The van der Waals surface area contributed by atoms with Crippen molar-refractivity contribution in [3.8, 4) is 55.6 Å². The van der Waals surface area contributed by atoms with Crippen LogP contribution in [0.5, 0.6) is 0 Å². The molecule has 0 aromatic heterocycles. The molecule has 18 aromatic carbocycles. The lowest BCUT2D eigenvalue weighted by atomic mass is 9.36. The van der Waals surface area contributed by atoms with Gasteiger partial charge in [0.05, 0.1) is 33.2 Å². The van der Waals surface area contributed by atoms with Crippen molar-refractivity contribution in [3.63, 3.8) is 0 Å². The third-order valence-electron chi connectivity index (χ3n) is 30.6. The number of aromatic carboxylic acids is 5. The van der Waals surface area contributed by atoms with Crippen LogP contribution in [0.25, 0.3) is 131 Å². The van der Waals surface area contributed by atoms with Crippen LogP contribution < -0.4 is 0 Å². The molecule has 0 amide bonds. The highest BCUT2D eigenvalue weighted by molar-refractivity contribution is 6.54. The van der Waals surface area contributed by atoms with Crippen molar-refractivity contribution in [1.82, 2.24) is 0 Å². The van der Waals surface area contributed by atoms with Crippen molar-refractivity contribution < 1.29 is 49.5 Å². The molecule has 8 aliphatic carbocycles. The summed E-state index contributed by atoms with van der Waals surface area (Å²) in [6.07, 6.45) is 1.66. The van der Waals surface area contributed by atoms with E-state index in [1.807, 2.05) is 60.7 Å². The van der Waals surface area contributed by atoms with Crippen LogP contribution >= 0.6 is 0 Å². The molecule has 5 N–H and O–H groups in total. The average Bonchev–Trinajstić information content (AvgIpc) is 1.41. The van der Waals surface area contributed by atoms with E-state index in [2.05, 4.69) is 158 Å². The lowest BCUT2D eigenvalue weighted by molar-refractivity contribution is 0.0335. The molecular formula is C105H64O10. The van der Waals surface area contributed by atoms with Gasteiger partial charge in [-0.05, 0) is 319 Å². The average molecular weight is 1490 g/mol. The predicted molar refractivity (Wildman–Crippen MR) is 447 cm³/mol. The van der Waals surface area contributed by atoms with Gasteiger partial charge in [-0.15, -0.1) is 0 Å². The Morgan fingerprint density at radius 3 is 0.757 bits per heavy atom. The summed E-state index contributed by atoms with van der Waals surface area (Å²) in [6.45, 7) is 0. The second kappa shape index (κ2) is 21.5. The summed E-state index contributed by atoms with van der Waals surface area (Å²) in [7, 11) is 0. The zero-order valence-corrected chi connectivity index (χ0v) is 61.4. The zero-order valence-electron chi connectivity index (χ0n) is 61.4. The molecule has 0 radical (unpaired) electrons. The van der Waals surface area contributed by atoms with Crippen LogP contribution in [-0.2, 0) is 16.2 Å². The lowest BCUT2D eigenvalue weighted by Crippen LogP contribution is -2.63. The van der Waals surface area contributed by atoms with E-state index in [-0.39, 0.29) is 81.1 Å². The fourth-order valence-electron chi connectivity index (χ4n) is 26.9. The summed E-state index contributed by atoms with van der Waals surface area (Å²) in [6, 6.07) is 98.9. The summed E-state index contributed by atoms with van der Waals surface area (Å²) in [5.74, 6) is -5.27. The van der Waals surface area contributed by atoms with Gasteiger partial charge in [-0.1, -0.05) is 218 Å². The van der Waals surface area contributed by atoms with Gasteiger partial charge in [0.25, 0.3) is 0 Å². The highest BCUT2D eigenvalue weighted by Crippen LogP contribution is 2.90. The van der Waals surface area contributed by atoms with E-state index in [0.29, 0.717) is 0 Å². The Hall–Kier alpha value is -13.8. The summed E-state index contributed by atoms with van der Waals surface area (Å²) < 4.78 is 0. The van der Waals surface area contributed by atoms with Crippen molar-refractivity contribution in [2.75, 3.05) is 0 Å². The molecule has 10 heteroatoms. The predicted octanol–water partition coefficient (Wildman–Crippen LogP) is 23.2. The van der Waals surface area contributed by atoms with Crippen molar-refractivity contribution >= 4 is 105 Å². The van der Waals surface area contributed by atoms with E-state index < -0.39 is 46.1 Å². The van der Waals surface area contributed by atoms with Gasteiger partial charge < -0.3 is 25.5 Å². The molecule has 0 aliphatic heterocycles. The minimum atomic E-state index is -0.974. The van der Waals surface area contributed by atoms with Crippen molar-refractivity contribution in [1.29, 1.82) is 0 Å². The van der Waals surface area contributed by atoms with Gasteiger partial charge in [-0.25, -0.2) is 24.0 Å². The van der Waals surface area contributed by atoms with Crippen LogP contribution in [0.1, 0.15) is 150 Å². The van der Waals surface area contributed by atoms with E-state index in [1.165, 1.54) is 137 Å². The maximum absolute atomic E-state index is 12.5. The van der Waals surface area contributed by atoms with Gasteiger partial charge in [0.1, 0.15) is 0 Å². The summed E-state index contributed by atoms with van der Waals surface area (Å²) in [5, 5.41) is 69.8. The molecule has 0 spiro atoms. The first-order valence-electron chi connectivity index (χ1n) is 39.9. The van der Waals surface area contributed by atoms with Crippen LogP contribution in [0.2, 0.25) is 0 Å². The van der Waals surface area contributed by atoms with E-state index in [0.717, 1.165) is 68.5 Å². The number of hydrogen-bond acceptors (Lipinski definition) is 5. The Morgan fingerprint density at radius 1 is 0.235 bits per heavy atom. The molecule has 12 atom stereocenters. The van der Waals surface area contributed by atoms with Crippen LogP contribution in [0.4, 0.5) is 0 Å². The first-order chi connectivity index (χ1) is 56.2. The second-order valence-electron chi connectivity index (χ2n) is 34.3. The lowest BCUT2D eigenvalue weighted by Gasteiger charge is -2.65. The van der Waals surface area contributed by atoms with Crippen LogP contribution in [0.3, 0.4) is 0 Å². The second-order valence-corrected chi connectivity index (χ2v) is 34.3. The third-order valence-corrected chi connectivity index (χ3v) is 30.6. The number of hydrogen-bond donors (Lipinski definition) is 5. The maximum Gasteiger partial charge on any atom is 0.335 e. The highest BCUT2D eigenvalue weighted by atomic mass is 16.4. The first-order valence-corrected chi connectivity index (χ1v) is 39.9. The molecule has 0 saturated heterocycles. The Bertz CT molecular complexity index is 7030. The third kappa shape index (κ3) is 7.40.